The Bertz CT molecular complexity index is 2190. The van der Waals surface area contributed by atoms with Crippen molar-refractivity contribution in [1.29, 1.82) is 0 Å². The highest BCUT2D eigenvalue weighted by molar-refractivity contribution is 8.00. The largest absolute Gasteiger partial charge is 0.370 e. The third-order valence-electron chi connectivity index (χ3n) is 9.99. The minimum absolute atomic E-state index is 0.00925. The van der Waals surface area contributed by atoms with Crippen LogP contribution in [0.5, 0.6) is 0 Å². The fourth-order valence-corrected chi connectivity index (χ4v) is 8.46. The number of sulfone groups is 1. The number of Topliss-reactive ketones (excluding diaryl/α,β-unsaturated/α-hetero) is 2. The highest BCUT2D eigenvalue weighted by Gasteiger charge is 2.40. The average molecular weight is 1020 g/mol. The number of thioether (sulfide) groups is 2. The average Bonchev–Trinajstić information content (AvgIpc) is 3.30. The summed E-state index contributed by atoms with van der Waals surface area (Å²) >= 11 is 2.45. The minimum Gasteiger partial charge on any atom is -0.370 e. The molecule has 2 aromatic rings. The minimum atomic E-state index is -5.15. The van der Waals surface area contributed by atoms with Crippen LogP contribution in [-0.4, -0.2) is 127 Å². The third kappa shape index (κ3) is 18.6. The molecule has 24 nitrogen and oxygen atoms in total. The summed E-state index contributed by atoms with van der Waals surface area (Å²) in [6, 6.07) is 4.25. The van der Waals surface area contributed by atoms with E-state index in [2.05, 4.69) is 44.4 Å². The quantitative estimate of drug-likeness (QED) is 0.0121. The molecule has 0 saturated heterocycles. The molecule has 376 valence electrons. The van der Waals surface area contributed by atoms with Gasteiger partial charge in [-0.25, -0.2) is 8.42 Å². The van der Waals surface area contributed by atoms with Gasteiger partial charge >= 0.3 is 12.1 Å². The summed E-state index contributed by atoms with van der Waals surface area (Å²) in [6.07, 6.45) is 2.66. The SMILES string of the molecule is C=C(C(=O)[C@H](CCSC)NC(=O)[C@H](CCCN=C(N)N)NC(=O)C(c1ccccc1)[N+](=O)[O-])S(=O)(=O)C(=C)C(=O)[C@H](CCSC)NC(=O)[C@H](CCCN=C(N)N)NC(=O)C(c1ccccc1)[N+](=O)[O-]. The van der Waals surface area contributed by atoms with Crippen LogP contribution in [-0.2, 0) is 38.6 Å². The summed E-state index contributed by atoms with van der Waals surface area (Å²) in [5.74, 6) is -7.13. The number of ketones is 2. The number of benzene rings is 2. The highest BCUT2D eigenvalue weighted by Crippen LogP contribution is 2.23. The van der Waals surface area contributed by atoms with Gasteiger partial charge in [-0.3, -0.25) is 59.0 Å². The first-order valence-electron chi connectivity index (χ1n) is 21.0. The molecule has 0 saturated carbocycles. The number of nitrogens with one attached hydrogen (secondary N) is 4. The third-order valence-corrected chi connectivity index (χ3v) is 13.0. The lowest BCUT2D eigenvalue weighted by Crippen LogP contribution is -2.54. The topological polar surface area (TPSA) is 400 Å². The van der Waals surface area contributed by atoms with Crippen LogP contribution < -0.4 is 44.2 Å². The summed E-state index contributed by atoms with van der Waals surface area (Å²) in [4.78, 5) is 110. The molecular formula is C42H58N12O12S3. The van der Waals surface area contributed by atoms with Crippen molar-refractivity contribution >= 4 is 80.5 Å². The van der Waals surface area contributed by atoms with E-state index in [4.69, 9.17) is 22.9 Å². The van der Waals surface area contributed by atoms with Crippen LogP contribution in [0.25, 0.3) is 0 Å². The lowest BCUT2D eigenvalue weighted by molar-refractivity contribution is -0.513. The van der Waals surface area contributed by atoms with E-state index in [0.29, 0.717) is 0 Å². The molecule has 69 heavy (non-hydrogen) atoms. The molecule has 2 rings (SSSR count). The summed E-state index contributed by atoms with van der Waals surface area (Å²) in [7, 11) is -5.15. The van der Waals surface area contributed by atoms with Crippen LogP contribution in [0, 0.1) is 20.2 Å². The van der Waals surface area contributed by atoms with Crippen LogP contribution in [0.15, 0.2) is 93.6 Å². The number of guanidine groups is 2. The standard InChI is InChI=1S/C42H58N12O12S3/c1-25(35(55)29(19-23-67-3)49-37(57)31(17-11-21-47-41(43)44)51-39(59)33(53(61)62)27-13-7-5-8-14-27)69(65,66)26(2)36(56)30(20-24-68-4)50-38(58)32(18-12-22-48-42(45)46)52-40(60)34(54(63)64)28-15-9-6-10-16-28/h5-10,13-16,29-34H,1-2,11-12,17-24H2,3-4H3,(H,49,57)(H,50,58)(H,51,59)(H,52,60)(H4,43,44,47)(H4,45,46,48)/t29-,30-,31-,32-,33?,34?/m0/s1. The van der Waals surface area contributed by atoms with Crippen molar-refractivity contribution in [2.24, 2.45) is 32.9 Å². The molecule has 0 heterocycles. The number of amides is 4. The second-order valence-electron chi connectivity index (χ2n) is 15.0. The molecule has 6 atom stereocenters. The van der Waals surface area contributed by atoms with Gasteiger partial charge in [0.25, 0.3) is 11.8 Å². The molecule has 0 spiro atoms. The van der Waals surface area contributed by atoms with Crippen molar-refractivity contribution in [2.75, 3.05) is 37.1 Å². The van der Waals surface area contributed by atoms with Gasteiger partial charge in [0, 0.05) is 34.1 Å². The number of carbonyl (C=O) groups is 6. The predicted molar refractivity (Wildman–Crippen MR) is 263 cm³/mol. The van der Waals surface area contributed by atoms with E-state index in [1.807, 2.05) is 0 Å². The number of hydrogen-bond donors (Lipinski definition) is 8. The van der Waals surface area contributed by atoms with Gasteiger partial charge in [0.05, 0.1) is 12.1 Å². The second kappa shape index (κ2) is 29.1. The molecule has 12 N–H and O–H groups in total. The first kappa shape index (κ1) is 58.3. The zero-order chi connectivity index (χ0) is 51.8. The molecule has 0 bridgehead atoms. The molecule has 2 unspecified atom stereocenters. The van der Waals surface area contributed by atoms with E-state index in [-0.39, 0.29) is 86.2 Å². The van der Waals surface area contributed by atoms with Gasteiger partial charge in [-0.15, -0.1) is 0 Å². The van der Waals surface area contributed by atoms with E-state index >= 15 is 0 Å². The predicted octanol–water partition coefficient (Wildman–Crippen LogP) is 0.155. The number of carbonyl (C=O) groups excluding carboxylic acids is 6. The molecule has 27 heteroatoms. The van der Waals surface area contributed by atoms with E-state index in [1.165, 1.54) is 72.1 Å². The van der Waals surface area contributed by atoms with Crippen molar-refractivity contribution in [3.63, 3.8) is 0 Å². The van der Waals surface area contributed by atoms with Crippen LogP contribution in [0.3, 0.4) is 0 Å². The van der Waals surface area contributed by atoms with Gasteiger partial charge in [-0.2, -0.15) is 23.5 Å². The smallest absolute Gasteiger partial charge is 0.314 e. The number of hydrogen-bond acceptors (Lipinski definition) is 16. The van der Waals surface area contributed by atoms with E-state index < -0.39 is 101 Å². The first-order chi connectivity index (χ1) is 32.6. The summed E-state index contributed by atoms with van der Waals surface area (Å²) in [6.45, 7) is 6.85. The molecule has 0 aliphatic carbocycles. The van der Waals surface area contributed by atoms with Crippen molar-refractivity contribution in [2.45, 2.75) is 74.8 Å². The van der Waals surface area contributed by atoms with Crippen molar-refractivity contribution in [1.82, 2.24) is 21.3 Å². The first-order valence-corrected chi connectivity index (χ1v) is 25.2. The number of aliphatic imine (C=N–C) groups is 2. The highest BCUT2D eigenvalue weighted by atomic mass is 32.2. The summed E-state index contributed by atoms with van der Waals surface area (Å²) in [5, 5.41) is 33.6. The van der Waals surface area contributed by atoms with E-state index in [0.717, 1.165) is 0 Å². The molecular weight excluding hydrogens is 961 g/mol. The zero-order valence-corrected chi connectivity index (χ0v) is 40.4. The van der Waals surface area contributed by atoms with Gasteiger partial charge in [0.1, 0.15) is 21.9 Å². The monoisotopic (exact) mass is 1020 g/mol. The van der Waals surface area contributed by atoms with Gasteiger partial charge in [-0.05, 0) is 62.5 Å². The molecule has 4 amide bonds. The molecule has 2 aromatic carbocycles. The Balaban J connectivity index is 2.44. The molecule has 0 radical (unpaired) electrons. The van der Waals surface area contributed by atoms with Crippen LogP contribution in [0.4, 0.5) is 0 Å². The Hall–Kier alpha value is -6.87. The van der Waals surface area contributed by atoms with Crippen LogP contribution >= 0.6 is 23.5 Å². The Morgan fingerprint density at radius 2 is 0.899 bits per heavy atom. The fraction of sp³-hybridized carbons (Fsp3) is 0.429. The van der Waals surface area contributed by atoms with Crippen LogP contribution in [0.1, 0.15) is 61.7 Å². The van der Waals surface area contributed by atoms with Crippen molar-refractivity contribution < 1.29 is 47.0 Å². The number of nitrogens with two attached hydrogens (primary N) is 4. The Kier molecular flexibility index (Phi) is 24.6. The number of rotatable bonds is 32. The van der Waals surface area contributed by atoms with Gasteiger partial charge in [0.15, 0.2) is 23.5 Å². The van der Waals surface area contributed by atoms with E-state index in [1.54, 1.807) is 24.6 Å². The lowest BCUT2D eigenvalue weighted by Gasteiger charge is -2.25. The molecule has 0 aromatic heterocycles. The number of nitro groups is 2. The van der Waals surface area contributed by atoms with Gasteiger partial charge in [0.2, 0.25) is 21.7 Å². The van der Waals surface area contributed by atoms with Crippen molar-refractivity contribution in [3.05, 3.63) is 115 Å². The maximum atomic E-state index is 14.0. The Morgan fingerprint density at radius 1 is 0.580 bits per heavy atom. The van der Waals surface area contributed by atoms with Crippen LogP contribution in [0.2, 0.25) is 0 Å². The maximum Gasteiger partial charge on any atom is 0.314 e. The van der Waals surface area contributed by atoms with Crippen molar-refractivity contribution in [3.8, 4) is 0 Å². The summed E-state index contributed by atoms with van der Waals surface area (Å²) in [5.41, 5.74) is 21.6. The molecule has 0 fully saturated rings. The fourth-order valence-electron chi connectivity index (χ4n) is 6.41. The number of nitrogens with zero attached hydrogens (tertiary/aromatic N) is 4. The Morgan fingerprint density at radius 3 is 1.19 bits per heavy atom. The zero-order valence-electron chi connectivity index (χ0n) is 37.9. The summed E-state index contributed by atoms with van der Waals surface area (Å²) < 4.78 is 28.0. The van der Waals surface area contributed by atoms with Gasteiger partial charge < -0.3 is 44.2 Å². The normalized spacial score (nSPS) is 13.6. The maximum absolute atomic E-state index is 14.0. The van der Waals surface area contributed by atoms with E-state index in [9.17, 15) is 57.4 Å². The molecule has 0 aliphatic rings. The second-order valence-corrected chi connectivity index (χ2v) is 18.9. The van der Waals surface area contributed by atoms with Gasteiger partial charge in [-0.1, -0.05) is 73.8 Å². The lowest BCUT2D eigenvalue weighted by atomic mass is 10.0. The Labute approximate surface area is 407 Å². The molecule has 0 aliphatic heterocycles.